The Morgan fingerprint density at radius 1 is 1.06 bits per heavy atom. The van der Waals surface area contributed by atoms with Crippen LogP contribution in [0.3, 0.4) is 0 Å². The second kappa shape index (κ2) is 10.9. The number of amides is 1. The van der Waals surface area contributed by atoms with E-state index in [1.54, 1.807) is 31.4 Å². The van der Waals surface area contributed by atoms with Crippen molar-refractivity contribution in [3.8, 4) is 11.5 Å². The minimum Gasteiger partial charge on any atom is -0.493 e. The van der Waals surface area contributed by atoms with Crippen molar-refractivity contribution in [3.05, 3.63) is 60.4 Å². The molecule has 6 heteroatoms. The minimum absolute atomic E-state index is 0.257. The number of para-hydroxylation sites is 1. The number of fused-ring (bicyclic) bond motifs is 1. The summed E-state index contributed by atoms with van der Waals surface area (Å²) >= 11 is 0. The maximum atomic E-state index is 12.4. The van der Waals surface area contributed by atoms with Gasteiger partial charge in [0.25, 0.3) is 0 Å². The van der Waals surface area contributed by atoms with Crippen LogP contribution in [-0.4, -0.2) is 43.2 Å². The number of hydrogen-bond donors (Lipinski definition) is 1. The third kappa shape index (κ3) is 6.14. The van der Waals surface area contributed by atoms with Gasteiger partial charge >= 0.3 is 0 Å². The van der Waals surface area contributed by atoms with Gasteiger partial charge in [0.05, 0.1) is 7.11 Å². The number of rotatable bonds is 10. The number of methoxy groups -OCH3 is 1. The molecule has 6 nitrogen and oxygen atoms in total. The fraction of sp³-hybridized carbons (Fsp3) is 0.346. The predicted octanol–water partition coefficient (Wildman–Crippen LogP) is 5.59. The molecule has 0 aliphatic carbocycles. The van der Waals surface area contributed by atoms with E-state index in [4.69, 9.17) is 13.9 Å². The SMILES string of the molecule is COc1ccc(NC(=O)C=Cc2cc3ccccc3o2)cc1OCCN(C(C)C)C(C)C. The van der Waals surface area contributed by atoms with E-state index >= 15 is 0 Å². The van der Waals surface area contributed by atoms with E-state index < -0.39 is 0 Å². The van der Waals surface area contributed by atoms with E-state index in [-0.39, 0.29) is 5.91 Å². The number of nitrogens with zero attached hydrogens (tertiary/aromatic N) is 1. The van der Waals surface area contributed by atoms with E-state index in [1.807, 2.05) is 30.3 Å². The average molecular weight is 437 g/mol. The molecule has 1 aromatic heterocycles. The highest BCUT2D eigenvalue weighted by atomic mass is 16.5. The monoisotopic (exact) mass is 436 g/mol. The molecule has 0 fully saturated rings. The number of hydrogen-bond acceptors (Lipinski definition) is 5. The zero-order valence-electron chi connectivity index (χ0n) is 19.4. The molecule has 0 unspecified atom stereocenters. The summed E-state index contributed by atoms with van der Waals surface area (Å²) in [4.78, 5) is 14.8. The van der Waals surface area contributed by atoms with Crippen LogP contribution in [0.4, 0.5) is 5.69 Å². The zero-order valence-corrected chi connectivity index (χ0v) is 19.4. The molecule has 170 valence electrons. The summed E-state index contributed by atoms with van der Waals surface area (Å²) in [6.45, 7) is 10.0. The molecular weight excluding hydrogens is 404 g/mol. The van der Waals surface area contributed by atoms with Gasteiger partial charge in [-0.1, -0.05) is 18.2 Å². The zero-order chi connectivity index (χ0) is 23.1. The van der Waals surface area contributed by atoms with Gasteiger partial charge in [0, 0.05) is 41.8 Å². The van der Waals surface area contributed by atoms with Gasteiger partial charge in [-0.15, -0.1) is 0 Å². The molecule has 1 heterocycles. The maximum Gasteiger partial charge on any atom is 0.248 e. The molecule has 0 bridgehead atoms. The summed E-state index contributed by atoms with van der Waals surface area (Å²) < 4.78 is 17.1. The molecule has 0 saturated heterocycles. The van der Waals surface area contributed by atoms with Gasteiger partial charge in [-0.3, -0.25) is 9.69 Å². The second-order valence-corrected chi connectivity index (χ2v) is 8.15. The lowest BCUT2D eigenvalue weighted by Crippen LogP contribution is -2.39. The molecule has 2 aromatic carbocycles. The summed E-state index contributed by atoms with van der Waals surface area (Å²) in [5.74, 6) is 1.59. The summed E-state index contributed by atoms with van der Waals surface area (Å²) in [7, 11) is 1.60. The Morgan fingerprint density at radius 2 is 1.81 bits per heavy atom. The number of nitrogens with one attached hydrogen (secondary N) is 1. The van der Waals surface area contributed by atoms with Crippen molar-refractivity contribution in [3.63, 3.8) is 0 Å². The first-order valence-corrected chi connectivity index (χ1v) is 10.9. The maximum absolute atomic E-state index is 12.4. The first kappa shape index (κ1) is 23.4. The molecule has 32 heavy (non-hydrogen) atoms. The minimum atomic E-state index is -0.257. The van der Waals surface area contributed by atoms with E-state index in [1.165, 1.54) is 6.08 Å². The van der Waals surface area contributed by atoms with Crippen molar-refractivity contribution in [1.29, 1.82) is 0 Å². The Labute approximate surface area is 189 Å². The van der Waals surface area contributed by atoms with Crippen LogP contribution in [0.25, 0.3) is 17.0 Å². The number of carbonyl (C=O) groups is 1. The highest BCUT2D eigenvalue weighted by molar-refractivity contribution is 6.02. The number of ether oxygens (including phenoxy) is 2. The Kier molecular flexibility index (Phi) is 7.95. The smallest absolute Gasteiger partial charge is 0.248 e. The van der Waals surface area contributed by atoms with Gasteiger partial charge in [0.1, 0.15) is 18.0 Å². The molecular formula is C26H32N2O4. The Balaban J connectivity index is 1.62. The summed E-state index contributed by atoms with van der Waals surface area (Å²) in [6, 6.07) is 15.8. The highest BCUT2D eigenvalue weighted by Gasteiger charge is 2.14. The predicted molar refractivity (Wildman–Crippen MR) is 129 cm³/mol. The van der Waals surface area contributed by atoms with Crippen LogP contribution in [0.2, 0.25) is 0 Å². The van der Waals surface area contributed by atoms with Crippen LogP contribution in [0.5, 0.6) is 11.5 Å². The van der Waals surface area contributed by atoms with Crippen LogP contribution in [0.15, 0.2) is 59.0 Å². The fourth-order valence-electron chi connectivity index (χ4n) is 3.67. The van der Waals surface area contributed by atoms with Crippen molar-refractivity contribution in [2.24, 2.45) is 0 Å². The fourth-order valence-corrected chi connectivity index (χ4v) is 3.67. The average Bonchev–Trinajstić information content (AvgIpc) is 3.18. The van der Waals surface area contributed by atoms with Crippen LogP contribution in [0.1, 0.15) is 33.5 Å². The standard InChI is InChI=1S/C26H32N2O4/c1-18(2)28(19(3)4)14-15-31-25-17-21(10-12-24(25)30-5)27-26(29)13-11-22-16-20-8-6-7-9-23(20)32-22/h6-13,16-19H,14-15H2,1-5H3,(H,27,29). The van der Waals surface area contributed by atoms with Crippen LogP contribution in [-0.2, 0) is 4.79 Å². The van der Waals surface area contributed by atoms with E-state index in [0.29, 0.717) is 41.6 Å². The molecule has 0 atom stereocenters. The molecule has 0 radical (unpaired) electrons. The lowest BCUT2D eigenvalue weighted by Gasteiger charge is -2.30. The Morgan fingerprint density at radius 3 is 2.50 bits per heavy atom. The molecule has 0 saturated carbocycles. The molecule has 0 aliphatic heterocycles. The third-order valence-electron chi connectivity index (χ3n) is 5.21. The van der Waals surface area contributed by atoms with E-state index in [9.17, 15) is 4.79 Å². The number of furan rings is 1. The molecule has 3 aromatic rings. The molecule has 1 N–H and O–H groups in total. The second-order valence-electron chi connectivity index (χ2n) is 8.15. The largest absolute Gasteiger partial charge is 0.493 e. The molecule has 3 rings (SSSR count). The highest BCUT2D eigenvalue weighted by Crippen LogP contribution is 2.30. The van der Waals surface area contributed by atoms with E-state index in [2.05, 4.69) is 37.9 Å². The first-order chi connectivity index (χ1) is 15.4. The van der Waals surface area contributed by atoms with E-state index in [0.717, 1.165) is 17.5 Å². The van der Waals surface area contributed by atoms with Crippen molar-refractivity contribution in [2.45, 2.75) is 39.8 Å². The van der Waals surface area contributed by atoms with Crippen molar-refractivity contribution >= 4 is 28.6 Å². The lowest BCUT2D eigenvalue weighted by molar-refractivity contribution is -0.111. The van der Waals surface area contributed by atoms with Gasteiger partial charge < -0.3 is 19.2 Å². The van der Waals surface area contributed by atoms with Crippen molar-refractivity contribution < 1.29 is 18.7 Å². The first-order valence-electron chi connectivity index (χ1n) is 10.9. The van der Waals surface area contributed by atoms with Crippen LogP contribution >= 0.6 is 0 Å². The number of benzene rings is 2. The van der Waals surface area contributed by atoms with Gasteiger partial charge in [-0.2, -0.15) is 0 Å². The topological polar surface area (TPSA) is 63.9 Å². The van der Waals surface area contributed by atoms with Gasteiger partial charge in [-0.05, 0) is 58.0 Å². The normalized spacial score (nSPS) is 11.8. The number of anilines is 1. The van der Waals surface area contributed by atoms with Crippen LogP contribution < -0.4 is 14.8 Å². The van der Waals surface area contributed by atoms with Crippen LogP contribution in [0, 0.1) is 0 Å². The molecule has 0 aliphatic rings. The van der Waals surface area contributed by atoms with Crippen molar-refractivity contribution in [2.75, 3.05) is 25.6 Å². The Bertz CT molecular complexity index is 1030. The summed E-state index contributed by atoms with van der Waals surface area (Å²) in [5, 5.41) is 3.86. The lowest BCUT2D eigenvalue weighted by atomic mass is 10.2. The quantitative estimate of drug-likeness (QED) is 0.420. The third-order valence-corrected chi connectivity index (χ3v) is 5.21. The van der Waals surface area contributed by atoms with Gasteiger partial charge in [0.2, 0.25) is 5.91 Å². The molecule has 0 spiro atoms. The summed E-state index contributed by atoms with van der Waals surface area (Å²) in [5.41, 5.74) is 1.42. The van der Waals surface area contributed by atoms with Gasteiger partial charge in [0.15, 0.2) is 11.5 Å². The summed E-state index contributed by atoms with van der Waals surface area (Å²) in [6.07, 6.45) is 3.11. The number of carbonyl (C=O) groups excluding carboxylic acids is 1. The Hall–Kier alpha value is -3.25. The van der Waals surface area contributed by atoms with Gasteiger partial charge in [-0.25, -0.2) is 0 Å². The van der Waals surface area contributed by atoms with Crippen molar-refractivity contribution in [1.82, 2.24) is 4.90 Å². The molecule has 1 amide bonds.